The highest BCUT2D eigenvalue weighted by Gasteiger charge is 2.51. The van der Waals surface area contributed by atoms with E-state index < -0.39 is 5.41 Å². The number of amides is 1. The molecule has 1 rings (SSSR count). The molecule has 0 aromatic carbocycles. The smallest absolute Gasteiger partial charge is 0.243 e. The summed E-state index contributed by atoms with van der Waals surface area (Å²) < 4.78 is 0. The first-order valence-electron chi connectivity index (χ1n) is 6.54. The van der Waals surface area contributed by atoms with E-state index in [2.05, 4.69) is 26.8 Å². The lowest BCUT2D eigenvalue weighted by Gasteiger charge is -2.44. The molecule has 1 aliphatic rings. The number of carbonyl (C=O) groups excluding carboxylic acids is 1. The molecule has 1 amide bonds. The number of carbonyl (C=O) groups is 1. The second-order valence-corrected chi connectivity index (χ2v) is 6.15. The Bertz CT molecular complexity index is 322. The highest BCUT2D eigenvalue weighted by atomic mass is 16.2. The summed E-state index contributed by atoms with van der Waals surface area (Å²) in [5.74, 6) is 0.989. The van der Waals surface area contributed by atoms with Crippen LogP contribution in [0.1, 0.15) is 47.5 Å². The number of nitriles is 1. The van der Waals surface area contributed by atoms with Gasteiger partial charge < -0.3 is 4.90 Å². The van der Waals surface area contributed by atoms with Crippen molar-refractivity contribution in [3.8, 4) is 6.07 Å². The minimum Gasteiger partial charge on any atom is -0.339 e. The maximum absolute atomic E-state index is 12.5. The fourth-order valence-corrected chi connectivity index (χ4v) is 2.64. The summed E-state index contributed by atoms with van der Waals surface area (Å²) in [7, 11) is 0. The van der Waals surface area contributed by atoms with E-state index in [1.165, 1.54) is 0 Å². The average Bonchev–Trinajstić information content (AvgIpc) is 2.19. The van der Waals surface area contributed by atoms with Gasteiger partial charge in [0.2, 0.25) is 5.91 Å². The van der Waals surface area contributed by atoms with Crippen LogP contribution in [0.4, 0.5) is 0 Å². The van der Waals surface area contributed by atoms with Crippen LogP contribution in [-0.2, 0) is 4.79 Å². The molecule has 0 spiro atoms. The fraction of sp³-hybridized carbons (Fsp3) is 0.857. The zero-order valence-corrected chi connectivity index (χ0v) is 11.7. The Labute approximate surface area is 105 Å². The van der Waals surface area contributed by atoms with Crippen molar-refractivity contribution in [2.75, 3.05) is 6.54 Å². The van der Waals surface area contributed by atoms with E-state index in [4.69, 9.17) is 0 Å². The second kappa shape index (κ2) is 5.08. The molecule has 0 aromatic heterocycles. The maximum Gasteiger partial charge on any atom is 0.243 e. The van der Waals surface area contributed by atoms with Gasteiger partial charge in [-0.25, -0.2) is 0 Å². The van der Waals surface area contributed by atoms with Crippen molar-refractivity contribution in [3.63, 3.8) is 0 Å². The molecule has 0 aliphatic heterocycles. The van der Waals surface area contributed by atoms with Gasteiger partial charge >= 0.3 is 0 Å². The molecular formula is C14H24N2O. The summed E-state index contributed by atoms with van der Waals surface area (Å²) in [5, 5.41) is 9.29. The van der Waals surface area contributed by atoms with E-state index in [9.17, 15) is 10.1 Å². The van der Waals surface area contributed by atoms with E-state index in [1.807, 2.05) is 18.7 Å². The second-order valence-electron chi connectivity index (χ2n) is 6.15. The van der Waals surface area contributed by atoms with Gasteiger partial charge in [-0.05, 0) is 38.5 Å². The van der Waals surface area contributed by atoms with Crippen molar-refractivity contribution in [2.24, 2.45) is 17.3 Å². The lowest BCUT2D eigenvalue weighted by molar-refractivity contribution is -0.147. The van der Waals surface area contributed by atoms with Crippen molar-refractivity contribution < 1.29 is 4.79 Å². The SMILES string of the molecule is CC(C)CN(C(=O)C1(C#N)CC(C)C1)C(C)C. The van der Waals surface area contributed by atoms with Crippen molar-refractivity contribution >= 4 is 5.91 Å². The third-order valence-electron chi connectivity index (χ3n) is 3.46. The number of rotatable bonds is 4. The predicted molar refractivity (Wildman–Crippen MR) is 68.1 cm³/mol. The zero-order chi connectivity index (χ0) is 13.2. The van der Waals surface area contributed by atoms with Crippen LogP contribution in [0, 0.1) is 28.6 Å². The third-order valence-corrected chi connectivity index (χ3v) is 3.46. The third kappa shape index (κ3) is 2.80. The highest BCUT2D eigenvalue weighted by molar-refractivity contribution is 5.86. The van der Waals surface area contributed by atoms with Gasteiger partial charge in [0.05, 0.1) is 6.07 Å². The van der Waals surface area contributed by atoms with Crippen molar-refractivity contribution in [1.29, 1.82) is 5.26 Å². The van der Waals surface area contributed by atoms with E-state index in [0.717, 1.165) is 19.4 Å². The Hall–Kier alpha value is -1.04. The van der Waals surface area contributed by atoms with Crippen LogP contribution in [0.2, 0.25) is 0 Å². The fourth-order valence-electron chi connectivity index (χ4n) is 2.64. The van der Waals surface area contributed by atoms with Gasteiger partial charge in [0.1, 0.15) is 5.41 Å². The van der Waals surface area contributed by atoms with Crippen molar-refractivity contribution in [3.05, 3.63) is 0 Å². The molecule has 3 heteroatoms. The Kier molecular flexibility index (Phi) is 4.19. The molecule has 0 aromatic rings. The monoisotopic (exact) mass is 236 g/mol. The molecule has 0 saturated heterocycles. The zero-order valence-electron chi connectivity index (χ0n) is 11.7. The van der Waals surface area contributed by atoms with E-state index in [1.54, 1.807) is 0 Å². The van der Waals surface area contributed by atoms with Crippen LogP contribution in [0.3, 0.4) is 0 Å². The van der Waals surface area contributed by atoms with Crippen molar-refractivity contribution in [2.45, 2.75) is 53.5 Å². The van der Waals surface area contributed by atoms with E-state index in [-0.39, 0.29) is 11.9 Å². The summed E-state index contributed by atoms with van der Waals surface area (Å²) in [6.07, 6.45) is 1.45. The molecule has 17 heavy (non-hydrogen) atoms. The lowest BCUT2D eigenvalue weighted by atomic mass is 9.62. The predicted octanol–water partition coefficient (Wildman–Crippen LogP) is 2.82. The van der Waals surface area contributed by atoms with E-state index in [0.29, 0.717) is 11.8 Å². The van der Waals surface area contributed by atoms with Gasteiger partial charge in [-0.2, -0.15) is 5.26 Å². The van der Waals surface area contributed by atoms with Gasteiger partial charge in [-0.15, -0.1) is 0 Å². The van der Waals surface area contributed by atoms with Gasteiger partial charge in [-0.1, -0.05) is 20.8 Å². The summed E-state index contributed by atoms with van der Waals surface area (Å²) in [4.78, 5) is 14.4. The first-order chi connectivity index (χ1) is 7.82. The first-order valence-corrected chi connectivity index (χ1v) is 6.54. The molecule has 96 valence electrons. The largest absolute Gasteiger partial charge is 0.339 e. The molecule has 0 atom stereocenters. The Morgan fingerprint density at radius 3 is 2.24 bits per heavy atom. The normalized spacial score (nSPS) is 27.8. The Balaban J connectivity index is 2.81. The van der Waals surface area contributed by atoms with Gasteiger partial charge in [0.15, 0.2) is 0 Å². The molecule has 0 heterocycles. The molecular weight excluding hydrogens is 212 g/mol. The summed E-state index contributed by atoms with van der Waals surface area (Å²) in [5.41, 5.74) is -0.724. The van der Waals surface area contributed by atoms with Crippen LogP contribution in [0.5, 0.6) is 0 Å². The molecule has 0 unspecified atom stereocenters. The lowest BCUT2D eigenvalue weighted by Crippen LogP contribution is -2.52. The van der Waals surface area contributed by atoms with Crippen LogP contribution in [0.25, 0.3) is 0 Å². The van der Waals surface area contributed by atoms with Crippen LogP contribution in [-0.4, -0.2) is 23.4 Å². The first kappa shape index (κ1) is 14.0. The van der Waals surface area contributed by atoms with Gasteiger partial charge in [0.25, 0.3) is 0 Å². The highest BCUT2D eigenvalue weighted by Crippen LogP contribution is 2.46. The van der Waals surface area contributed by atoms with E-state index >= 15 is 0 Å². The number of hydrogen-bond donors (Lipinski definition) is 0. The van der Waals surface area contributed by atoms with Crippen LogP contribution in [0.15, 0.2) is 0 Å². The molecule has 1 saturated carbocycles. The molecule has 3 nitrogen and oxygen atoms in total. The Morgan fingerprint density at radius 2 is 1.94 bits per heavy atom. The quantitative estimate of drug-likeness (QED) is 0.753. The Morgan fingerprint density at radius 1 is 1.41 bits per heavy atom. The molecule has 0 bridgehead atoms. The molecule has 1 aliphatic carbocycles. The summed E-state index contributed by atoms with van der Waals surface area (Å²) in [6.45, 7) is 11.1. The molecule has 1 fully saturated rings. The van der Waals surface area contributed by atoms with Crippen molar-refractivity contribution in [1.82, 2.24) is 4.90 Å². The molecule has 0 N–H and O–H groups in total. The topological polar surface area (TPSA) is 44.1 Å². The summed E-state index contributed by atoms with van der Waals surface area (Å²) >= 11 is 0. The number of hydrogen-bond acceptors (Lipinski definition) is 2. The standard InChI is InChI=1S/C14H24N2O/c1-10(2)8-16(11(3)4)13(17)14(9-15)6-12(5)7-14/h10-12H,6-8H2,1-5H3. The van der Waals surface area contributed by atoms with Crippen LogP contribution >= 0.6 is 0 Å². The summed E-state index contributed by atoms with van der Waals surface area (Å²) in [6, 6.07) is 2.43. The van der Waals surface area contributed by atoms with Crippen LogP contribution < -0.4 is 0 Å². The van der Waals surface area contributed by atoms with Gasteiger partial charge in [-0.3, -0.25) is 4.79 Å². The molecule has 0 radical (unpaired) electrons. The van der Waals surface area contributed by atoms with Gasteiger partial charge in [0, 0.05) is 12.6 Å². The maximum atomic E-state index is 12.5. The minimum atomic E-state index is -0.724. The number of nitrogens with zero attached hydrogens (tertiary/aromatic N) is 2. The average molecular weight is 236 g/mol. The minimum absolute atomic E-state index is 0.0433.